The summed E-state index contributed by atoms with van der Waals surface area (Å²) in [6.07, 6.45) is 6.30. The second-order valence-corrected chi connectivity index (χ2v) is 9.48. The van der Waals surface area contributed by atoms with Crippen molar-refractivity contribution in [2.45, 2.75) is 51.4 Å². The van der Waals surface area contributed by atoms with Crippen molar-refractivity contribution < 1.29 is 18.7 Å². The second kappa shape index (κ2) is 9.71. The molecule has 0 atom stereocenters. The Bertz CT molecular complexity index is 1180. The van der Waals surface area contributed by atoms with Crippen molar-refractivity contribution >= 4 is 11.9 Å². The number of nitrogens with one attached hydrogen (secondary N) is 2. The first kappa shape index (κ1) is 23.4. The number of imidazole rings is 1. The molecule has 1 amide bonds. The van der Waals surface area contributed by atoms with Gasteiger partial charge in [-0.3, -0.25) is 4.79 Å². The SMILES string of the molecule is CC1(C(=O)NC2CCCCC2)COC(c2nc(-c3ccc(F)cc3)c(-c3ccnc(N)n3)[nH]2)OC1. The number of nitrogen functional groups attached to an aromatic ring is 1. The number of hydrogen-bond donors (Lipinski definition) is 3. The molecule has 1 aliphatic heterocycles. The number of anilines is 1. The van der Waals surface area contributed by atoms with Gasteiger partial charge >= 0.3 is 0 Å². The highest BCUT2D eigenvalue weighted by atomic mass is 19.1. The molecule has 184 valence electrons. The van der Waals surface area contributed by atoms with Crippen LogP contribution < -0.4 is 11.1 Å². The van der Waals surface area contributed by atoms with Gasteiger partial charge in [-0.25, -0.2) is 19.3 Å². The summed E-state index contributed by atoms with van der Waals surface area (Å²) >= 11 is 0. The fraction of sp³-hybridized carbons (Fsp3) is 0.440. The van der Waals surface area contributed by atoms with Crippen molar-refractivity contribution in [3.05, 3.63) is 48.2 Å². The van der Waals surface area contributed by atoms with Gasteiger partial charge in [0.05, 0.1) is 35.7 Å². The zero-order chi connectivity index (χ0) is 24.4. The summed E-state index contributed by atoms with van der Waals surface area (Å²) in [6.45, 7) is 2.24. The van der Waals surface area contributed by atoms with Gasteiger partial charge in [-0.1, -0.05) is 19.3 Å². The molecule has 0 radical (unpaired) electrons. The second-order valence-electron chi connectivity index (χ2n) is 9.48. The fourth-order valence-electron chi connectivity index (χ4n) is 4.52. The molecule has 9 nitrogen and oxygen atoms in total. The highest BCUT2D eigenvalue weighted by molar-refractivity contribution is 5.83. The van der Waals surface area contributed by atoms with E-state index in [4.69, 9.17) is 20.2 Å². The lowest BCUT2D eigenvalue weighted by Crippen LogP contribution is -2.51. The fourth-order valence-corrected chi connectivity index (χ4v) is 4.52. The molecule has 10 heteroatoms. The van der Waals surface area contributed by atoms with Crippen molar-refractivity contribution in [2.75, 3.05) is 18.9 Å². The molecule has 2 fully saturated rings. The minimum atomic E-state index is -0.794. The Kier molecular flexibility index (Phi) is 6.48. The third-order valence-corrected chi connectivity index (χ3v) is 6.59. The van der Waals surface area contributed by atoms with E-state index in [2.05, 4.69) is 20.3 Å². The molecule has 0 spiro atoms. The molecular weight excluding hydrogens is 451 g/mol. The van der Waals surface area contributed by atoms with Crippen molar-refractivity contribution in [1.29, 1.82) is 0 Å². The quantitative estimate of drug-likeness (QED) is 0.507. The number of H-pyrrole nitrogens is 1. The summed E-state index contributed by atoms with van der Waals surface area (Å²) in [4.78, 5) is 29.1. The Morgan fingerprint density at radius 3 is 2.51 bits per heavy atom. The van der Waals surface area contributed by atoms with E-state index in [0.717, 1.165) is 25.7 Å². The minimum Gasteiger partial charge on any atom is -0.368 e. The van der Waals surface area contributed by atoms with E-state index < -0.39 is 11.7 Å². The highest BCUT2D eigenvalue weighted by Crippen LogP contribution is 2.35. The Hall–Kier alpha value is -3.37. The molecule has 1 saturated heterocycles. The number of nitrogens with two attached hydrogens (primary N) is 1. The standard InChI is InChI=1S/C25H29FN6O3/c1-25(23(33)29-17-5-3-2-4-6-17)13-34-22(35-14-25)21-31-19(15-7-9-16(26)10-8-15)20(32-21)18-11-12-28-24(27)30-18/h7-12,17,22H,2-6,13-14H2,1H3,(H,29,33)(H,31,32)(H2,27,28,30). The number of hydrogen-bond acceptors (Lipinski definition) is 7. The average molecular weight is 481 g/mol. The van der Waals surface area contributed by atoms with Gasteiger partial charge < -0.3 is 25.5 Å². The lowest BCUT2D eigenvalue weighted by molar-refractivity contribution is -0.231. The topological polar surface area (TPSA) is 128 Å². The first-order chi connectivity index (χ1) is 16.9. The number of halogens is 1. The van der Waals surface area contributed by atoms with Crippen LogP contribution in [0.4, 0.5) is 10.3 Å². The lowest BCUT2D eigenvalue weighted by Gasteiger charge is -2.37. The van der Waals surface area contributed by atoms with Gasteiger partial charge in [-0.15, -0.1) is 0 Å². The molecule has 1 saturated carbocycles. The Morgan fingerprint density at radius 2 is 1.83 bits per heavy atom. The van der Waals surface area contributed by atoms with E-state index in [1.807, 2.05) is 6.92 Å². The van der Waals surface area contributed by atoms with Crippen LogP contribution in [-0.4, -0.2) is 45.1 Å². The van der Waals surface area contributed by atoms with Crippen LogP contribution in [0.5, 0.6) is 0 Å². The largest absolute Gasteiger partial charge is 0.368 e. The van der Waals surface area contributed by atoms with E-state index >= 15 is 0 Å². The van der Waals surface area contributed by atoms with Crippen molar-refractivity contribution in [1.82, 2.24) is 25.3 Å². The number of amides is 1. The van der Waals surface area contributed by atoms with Crippen LogP contribution in [0.1, 0.15) is 51.1 Å². The van der Waals surface area contributed by atoms with E-state index in [1.165, 1.54) is 18.6 Å². The molecule has 3 heterocycles. The molecule has 4 N–H and O–H groups in total. The number of benzene rings is 1. The van der Waals surface area contributed by atoms with Crippen LogP contribution in [0, 0.1) is 11.2 Å². The monoisotopic (exact) mass is 480 g/mol. The summed E-state index contributed by atoms with van der Waals surface area (Å²) in [7, 11) is 0. The van der Waals surface area contributed by atoms with Crippen molar-refractivity contribution in [2.24, 2.45) is 5.41 Å². The molecule has 5 rings (SSSR count). The summed E-state index contributed by atoms with van der Waals surface area (Å²) in [5.74, 6) is 0.147. The zero-order valence-electron chi connectivity index (χ0n) is 19.6. The summed E-state index contributed by atoms with van der Waals surface area (Å²) in [5.41, 5.74) is 7.35. The first-order valence-corrected chi connectivity index (χ1v) is 11.9. The number of nitrogens with zero attached hydrogens (tertiary/aromatic N) is 3. The van der Waals surface area contributed by atoms with E-state index in [-0.39, 0.29) is 36.9 Å². The van der Waals surface area contributed by atoms with Crippen molar-refractivity contribution in [3.63, 3.8) is 0 Å². The van der Waals surface area contributed by atoms with E-state index in [1.54, 1.807) is 24.4 Å². The Morgan fingerprint density at radius 1 is 1.11 bits per heavy atom. The Balaban J connectivity index is 1.36. The van der Waals surface area contributed by atoms with Gasteiger partial charge in [0.25, 0.3) is 0 Å². The maximum absolute atomic E-state index is 13.5. The smallest absolute Gasteiger partial charge is 0.230 e. The third kappa shape index (κ3) is 5.03. The average Bonchev–Trinajstić information content (AvgIpc) is 3.31. The third-order valence-electron chi connectivity index (χ3n) is 6.59. The number of rotatable bonds is 5. The zero-order valence-corrected chi connectivity index (χ0v) is 19.6. The van der Waals surface area contributed by atoms with Crippen LogP contribution in [0.2, 0.25) is 0 Å². The first-order valence-electron chi connectivity index (χ1n) is 11.9. The number of aromatic amines is 1. The highest BCUT2D eigenvalue weighted by Gasteiger charge is 2.41. The molecule has 35 heavy (non-hydrogen) atoms. The maximum Gasteiger partial charge on any atom is 0.230 e. The van der Waals surface area contributed by atoms with Crippen LogP contribution in [0.25, 0.3) is 22.6 Å². The van der Waals surface area contributed by atoms with Crippen LogP contribution in [-0.2, 0) is 14.3 Å². The van der Waals surface area contributed by atoms with Gasteiger partial charge in [-0.2, -0.15) is 0 Å². The molecular formula is C25H29FN6O3. The maximum atomic E-state index is 13.5. The number of carbonyl (C=O) groups is 1. The van der Waals surface area contributed by atoms with Crippen LogP contribution >= 0.6 is 0 Å². The Labute approximate surface area is 202 Å². The number of carbonyl (C=O) groups excluding carboxylic acids is 1. The molecule has 1 aromatic carbocycles. The van der Waals surface area contributed by atoms with Gasteiger partial charge in [0.15, 0.2) is 5.82 Å². The summed E-state index contributed by atoms with van der Waals surface area (Å²) in [6, 6.07) is 7.93. The van der Waals surface area contributed by atoms with Gasteiger partial charge in [0, 0.05) is 17.8 Å². The molecule has 2 aromatic heterocycles. The summed E-state index contributed by atoms with van der Waals surface area (Å²) in [5, 5.41) is 3.17. The predicted octanol–water partition coefficient (Wildman–Crippen LogP) is 3.76. The normalized spacial score (nSPS) is 23.2. The number of ether oxygens (including phenoxy) is 2. The summed E-state index contributed by atoms with van der Waals surface area (Å²) < 4.78 is 25.5. The van der Waals surface area contributed by atoms with Crippen LogP contribution in [0.15, 0.2) is 36.5 Å². The molecule has 1 aliphatic carbocycles. The predicted molar refractivity (Wildman–Crippen MR) is 127 cm³/mol. The molecule has 0 bridgehead atoms. The lowest BCUT2D eigenvalue weighted by atomic mass is 9.89. The number of aromatic nitrogens is 4. The van der Waals surface area contributed by atoms with E-state index in [0.29, 0.717) is 28.5 Å². The van der Waals surface area contributed by atoms with Gasteiger partial charge in [-0.05, 0) is 50.1 Å². The van der Waals surface area contributed by atoms with Crippen LogP contribution in [0.3, 0.4) is 0 Å². The van der Waals surface area contributed by atoms with E-state index in [9.17, 15) is 9.18 Å². The van der Waals surface area contributed by atoms with Gasteiger partial charge in [0.1, 0.15) is 5.82 Å². The van der Waals surface area contributed by atoms with Gasteiger partial charge in [0.2, 0.25) is 18.1 Å². The molecule has 2 aliphatic rings. The molecule has 0 unspecified atom stereocenters. The van der Waals surface area contributed by atoms with Crippen molar-refractivity contribution in [3.8, 4) is 22.6 Å². The minimum absolute atomic E-state index is 0.0496. The molecule has 3 aromatic rings.